The Balaban J connectivity index is 1.87. The van der Waals surface area contributed by atoms with E-state index in [2.05, 4.69) is 20.0 Å². The van der Waals surface area contributed by atoms with E-state index >= 15 is 0 Å². The third kappa shape index (κ3) is 4.85. The number of alkyl halides is 3. The molecule has 2 aromatic carbocycles. The molecule has 0 radical (unpaired) electrons. The topological polar surface area (TPSA) is 90.1 Å². The van der Waals surface area contributed by atoms with E-state index in [1.165, 1.54) is 6.92 Å². The molecule has 0 saturated heterocycles. The molecule has 0 fully saturated rings. The first-order valence-electron chi connectivity index (χ1n) is 8.59. The Hall–Kier alpha value is -2.78. The molecule has 1 aromatic heterocycles. The fraction of sp³-hybridized carbons (Fsp3) is 0.211. The third-order valence-electron chi connectivity index (χ3n) is 4.06. The number of rotatable bonds is 5. The summed E-state index contributed by atoms with van der Waals surface area (Å²) < 4.78 is 41.3. The Morgan fingerprint density at radius 2 is 1.87 bits per heavy atom. The molecule has 1 heterocycles. The fourth-order valence-electron chi connectivity index (χ4n) is 2.74. The van der Waals surface area contributed by atoms with Crippen LogP contribution in [0.4, 0.5) is 24.9 Å². The van der Waals surface area contributed by atoms with Crippen LogP contribution in [0.1, 0.15) is 6.92 Å². The van der Waals surface area contributed by atoms with E-state index in [0.717, 1.165) is 0 Å². The molecular weight excluding hydrogens is 444 g/mol. The number of aromatic nitrogens is 2. The molecule has 0 bridgehead atoms. The molecule has 3 aromatic rings. The van der Waals surface area contributed by atoms with Crippen LogP contribution in [0.25, 0.3) is 22.0 Å². The summed E-state index contributed by atoms with van der Waals surface area (Å²) in [7, 11) is 0. The van der Waals surface area contributed by atoms with Gasteiger partial charge in [0.2, 0.25) is 5.95 Å². The molecule has 30 heavy (non-hydrogen) atoms. The predicted molar refractivity (Wildman–Crippen MR) is 110 cm³/mol. The largest absolute Gasteiger partial charge is 0.490 e. The molecule has 0 spiro atoms. The lowest BCUT2D eigenvalue weighted by molar-refractivity contribution is -0.203. The molecule has 0 amide bonds. The second kappa shape index (κ2) is 8.53. The number of fused-ring (bicyclic) bond motifs is 1. The highest BCUT2D eigenvalue weighted by Gasteiger charge is 2.41. The Morgan fingerprint density at radius 1 is 1.20 bits per heavy atom. The van der Waals surface area contributed by atoms with E-state index in [0.29, 0.717) is 32.1 Å². The van der Waals surface area contributed by atoms with Gasteiger partial charge in [0.05, 0.1) is 12.1 Å². The van der Waals surface area contributed by atoms with Crippen molar-refractivity contribution in [3.63, 3.8) is 0 Å². The molecule has 0 aliphatic carbocycles. The number of benzene rings is 2. The van der Waals surface area contributed by atoms with Crippen molar-refractivity contribution < 1.29 is 22.7 Å². The molecular formula is C19H15Cl2F3N4O2. The number of nitrogen functional groups attached to an aromatic ring is 1. The molecule has 3 N–H and O–H groups in total. The van der Waals surface area contributed by atoms with Crippen molar-refractivity contribution in [1.82, 2.24) is 9.97 Å². The molecule has 158 valence electrons. The summed E-state index contributed by atoms with van der Waals surface area (Å²) in [5.74, 6) is -2.03. The van der Waals surface area contributed by atoms with Crippen LogP contribution in [0.3, 0.4) is 0 Å². The van der Waals surface area contributed by atoms with E-state index in [4.69, 9.17) is 28.9 Å². The zero-order chi connectivity index (χ0) is 22.1. The number of anilines is 2. The Morgan fingerprint density at radius 3 is 2.50 bits per heavy atom. The summed E-state index contributed by atoms with van der Waals surface area (Å²) in [6.07, 6.45) is -6.12. The number of esters is 1. The lowest BCUT2D eigenvalue weighted by atomic mass is 10.0. The molecule has 0 saturated carbocycles. The summed E-state index contributed by atoms with van der Waals surface area (Å²) in [5, 5.41) is 4.32. The van der Waals surface area contributed by atoms with E-state index in [9.17, 15) is 18.0 Å². The standard InChI is InChI=1S/C19H15Cl2F3N4O2/c1-9(30-17(29)19(22,23)24)8-26-16-11-6-5-10(7-14(11)27-18(25)28-16)15-12(20)3-2-4-13(15)21/h2-7,9H,8H2,1H3,(H3,25,26,27,28). The van der Waals surface area contributed by atoms with Gasteiger partial charge in [-0.15, -0.1) is 0 Å². The minimum absolute atomic E-state index is 0.0488. The minimum atomic E-state index is -5.06. The van der Waals surface area contributed by atoms with Gasteiger partial charge >= 0.3 is 12.1 Å². The van der Waals surface area contributed by atoms with Crippen LogP contribution in [0.15, 0.2) is 36.4 Å². The second-order valence-corrected chi connectivity index (χ2v) is 7.17. The molecule has 0 aliphatic rings. The lowest BCUT2D eigenvalue weighted by Crippen LogP contribution is -2.32. The highest BCUT2D eigenvalue weighted by Crippen LogP contribution is 2.36. The smallest absolute Gasteiger partial charge is 0.454 e. The molecule has 1 unspecified atom stereocenters. The van der Waals surface area contributed by atoms with E-state index in [-0.39, 0.29) is 18.3 Å². The van der Waals surface area contributed by atoms with Crippen LogP contribution in [-0.4, -0.2) is 34.8 Å². The number of nitrogens with two attached hydrogens (primary N) is 1. The number of carbonyl (C=O) groups excluding carboxylic acids is 1. The molecule has 11 heteroatoms. The monoisotopic (exact) mass is 458 g/mol. The summed E-state index contributed by atoms with van der Waals surface area (Å²) in [5.41, 5.74) is 7.57. The highest BCUT2D eigenvalue weighted by atomic mass is 35.5. The number of halogens is 5. The van der Waals surface area contributed by atoms with Crippen molar-refractivity contribution >= 4 is 51.8 Å². The first-order valence-corrected chi connectivity index (χ1v) is 9.35. The zero-order valence-corrected chi connectivity index (χ0v) is 16.9. The molecule has 6 nitrogen and oxygen atoms in total. The van der Waals surface area contributed by atoms with Gasteiger partial charge in [0, 0.05) is 21.0 Å². The van der Waals surface area contributed by atoms with Gasteiger partial charge in [-0.3, -0.25) is 0 Å². The van der Waals surface area contributed by atoms with E-state index < -0.39 is 18.2 Å². The van der Waals surface area contributed by atoms with E-state index in [1.807, 2.05) is 0 Å². The fourth-order valence-corrected chi connectivity index (χ4v) is 3.36. The third-order valence-corrected chi connectivity index (χ3v) is 4.69. The Labute approximate surface area is 179 Å². The minimum Gasteiger partial charge on any atom is -0.454 e. The van der Waals surface area contributed by atoms with Crippen LogP contribution >= 0.6 is 23.2 Å². The lowest BCUT2D eigenvalue weighted by Gasteiger charge is -2.16. The van der Waals surface area contributed by atoms with Crippen molar-refractivity contribution in [2.45, 2.75) is 19.2 Å². The van der Waals surface area contributed by atoms with Gasteiger partial charge in [0.25, 0.3) is 0 Å². The van der Waals surface area contributed by atoms with Gasteiger partial charge in [0.1, 0.15) is 11.9 Å². The predicted octanol–water partition coefficient (Wildman–Crippen LogP) is 5.09. The van der Waals surface area contributed by atoms with Gasteiger partial charge < -0.3 is 15.8 Å². The maximum absolute atomic E-state index is 12.3. The summed E-state index contributed by atoms with van der Waals surface area (Å²) in [6, 6.07) is 10.3. The van der Waals surface area contributed by atoms with Crippen molar-refractivity contribution in [1.29, 1.82) is 0 Å². The number of hydrogen-bond acceptors (Lipinski definition) is 6. The van der Waals surface area contributed by atoms with Crippen molar-refractivity contribution in [3.8, 4) is 11.1 Å². The first kappa shape index (κ1) is 21.9. The van der Waals surface area contributed by atoms with Gasteiger partial charge in [-0.1, -0.05) is 35.3 Å². The number of nitrogens with one attached hydrogen (secondary N) is 1. The number of ether oxygens (including phenoxy) is 1. The Bertz CT molecular complexity index is 1090. The Kier molecular flexibility index (Phi) is 6.23. The summed E-state index contributed by atoms with van der Waals surface area (Å²) in [4.78, 5) is 19.2. The van der Waals surface area contributed by atoms with Crippen LogP contribution in [-0.2, 0) is 9.53 Å². The molecule has 0 aliphatic heterocycles. The van der Waals surface area contributed by atoms with Crippen LogP contribution in [0.2, 0.25) is 10.0 Å². The van der Waals surface area contributed by atoms with Gasteiger partial charge in [-0.2, -0.15) is 18.2 Å². The zero-order valence-electron chi connectivity index (χ0n) is 15.4. The first-order chi connectivity index (χ1) is 14.1. The van der Waals surface area contributed by atoms with Gasteiger partial charge in [-0.05, 0) is 36.8 Å². The quantitative estimate of drug-likeness (QED) is 0.517. The molecule has 3 rings (SSSR count). The van der Waals surface area contributed by atoms with Crippen LogP contribution in [0, 0.1) is 0 Å². The second-order valence-electron chi connectivity index (χ2n) is 6.35. The van der Waals surface area contributed by atoms with Crippen LogP contribution < -0.4 is 11.1 Å². The SMILES string of the molecule is CC(CNc1nc(N)nc2cc(-c3c(Cl)cccc3Cl)ccc12)OC(=O)C(F)(F)F. The highest BCUT2D eigenvalue weighted by molar-refractivity contribution is 6.39. The van der Waals surface area contributed by atoms with Crippen LogP contribution in [0.5, 0.6) is 0 Å². The average molecular weight is 459 g/mol. The van der Waals surface area contributed by atoms with Gasteiger partial charge in [-0.25, -0.2) is 9.78 Å². The van der Waals surface area contributed by atoms with Crippen molar-refractivity contribution in [2.24, 2.45) is 0 Å². The van der Waals surface area contributed by atoms with Crippen molar-refractivity contribution in [3.05, 3.63) is 46.4 Å². The van der Waals surface area contributed by atoms with Crippen molar-refractivity contribution in [2.75, 3.05) is 17.6 Å². The maximum atomic E-state index is 12.3. The number of nitrogens with zero attached hydrogens (tertiary/aromatic N) is 2. The average Bonchev–Trinajstić information content (AvgIpc) is 2.64. The molecule has 1 atom stereocenters. The van der Waals surface area contributed by atoms with E-state index in [1.54, 1.807) is 36.4 Å². The van der Waals surface area contributed by atoms with Gasteiger partial charge in [0.15, 0.2) is 0 Å². The number of carbonyl (C=O) groups is 1. The summed E-state index contributed by atoms with van der Waals surface area (Å²) >= 11 is 12.5. The summed E-state index contributed by atoms with van der Waals surface area (Å²) in [6.45, 7) is 1.20. The number of hydrogen-bond donors (Lipinski definition) is 2. The maximum Gasteiger partial charge on any atom is 0.490 e. The normalized spacial score (nSPS) is 12.6.